The predicted molar refractivity (Wildman–Crippen MR) is 39.9 cm³/mol. The Morgan fingerprint density at radius 3 is 3.00 bits per heavy atom. The van der Waals surface area contributed by atoms with Gasteiger partial charge in [0.25, 0.3) is 0 Å². The summed E-state index contributed by atoms with van der Waals surface area (Å²) >= 11 is 0. The van der Waals surface area contributed by atoms with Crippen LogP contribution in [-0.2, 0) is 4.79 Å². The summed E-state index contributed by atoms with van der Waals surface area (Å²) in [4.78, 5) is 10.6. The number of amides is 1. The van der Waals surface area contributed by atoms with Crippen LogP contribution in [0.4, 0.5) is 0 Å². The lowest BCUT2D eigenvalue weighted by atomic mass is 10.4. The molecule has 10 heavy (non-hydrogen) atoms. The van der Waals surface area contributed by atoms with Crippen molar-refractivity contribution < 1.29 is 13.9 Å². The smallest absolute Gasteiger partial charge is 0.225 e. The highest BCUT2D eigenvalue weighted by Gasteiger charge is 2.18. The van der Waals surface area contributed by atoms with Crippen LogP contribution >= 0.6 is 10.6 Å². The zero-order chi connectivity index (χ0) is 7.61. The number of nitrogens with one attached hydrogen (secondary N) is 1. The molecule has 5 heteroatoms. The van der Waals surface area contributed by atoms with E-state index in [4.69, 9.17) is 9.11 Å². The lowest BCUT2D eigenvalue weighted by molar-refractivity contribution is -0.117. The van der Waals surface area contributed by atoms with E-state index < -0.39 is 10.6 Å². The van der Waals surface area contributed by atoms with Gasteiger partial charge in [0, 0.05) is 12.3 Å². The summed E-state index contributed by atoms with van der Waals surface area (Å²) in [7, 11) is -2.49. The van der Waals surface area contributed by atoms with Gasteiger partial charge < -0.3 is 5.32 Å². The summed E-state index contributed by atoms with van der Waals surface area (Å²) in [5.74, 6) is 0.158. The molecule has 0 aliphatic carbocycles. The SMILES string of the molecule is O=C1[CH]CS(O)(O)CCN1. The van der Waals surface area contributed by atoms with Gasteiger partial charge in [0.05, 0.1) is 12.2 Å². The van der Waals surface area contributed by atoms with Gasteiger partial charge in [-0.2, -0.15) is 10.6 Å². The molecular formula is C5H10NO3S. The van der Waals surface area contributed by atoms with Crippen molar-refractivity contribution in [3.8, 4) is 0 Å². The maximum Gasteiger partial charge on any atom is 0.225 e. The van der Waals surface area contributed by atoms with Gasteiger partial charge in [0.2, 0.25) is 5.91 Å². The van der Waals surface area contributed by atoms with Gasteiger partial charge in [-0.3, -0.25) is 13.9 Å². The first-order valence-electron chi connectivity index (χ1n) is 2.95. The lowest BCUT2D eigenvalue weighted by Gasteiger charge is -2.29. The molecule has 59 valence electrons. The van der Waals surface area contributed by atoms with E-state index in [0.717, 1.165) is 0 Å². The standard InChI is InChI=1S/C5H10NO3S/c7-5-1-3-10(8,9)4-2-6-5/h1,8-9H,2-4H2,(H,6,7). The lowest BCUT2D eigenvalue weighted by Crippen LogP contribution is -2.23. The van der Waals surface area contributed by atoms with Crippen LogP contribution in [0.2, 0.25) is 0 Å². The van der Waals surface area contributed by atoms with Crippen molar-refractivity contribution >= 4 is 16.5 Å². The van der Waals surface area contributed by atoms with Crippen LogP contribution in [-0.4, -0.2) is 33.1 Å². The number of carbonyl (C=O) groups is 1. The fraction of sp³-hybridized carbons (Fsp3) is 0.600. The Labute approximate surface area is 61.0 Å². The monoisotopic (exact) mass is 164 g/mol. The first kappa shape index (κ1) is 7.84. The summed E-state index contributed by atoms with van der Waals surface area (Å²) in [6.07, 6.45) is 1.28. The third kappa shape index (κ3) is 2.17. The van der Waals surface area contributed by atoms with Gasteiger partial charge >= 0.3 is 0 Å². The first-order valence-corrected chi connectivity index (χ1v) is 4.83. The molecule has 0 aromatic heterocycles. The molecule has 0 spiro atoms. The van der Waals surface area contributed by atoms with Gasteiger partial charge in [0.15, 0.2) is 0 Å². The van der Waals surface area contributed by atoms with E-state index >= 15 is 0 Å². The minimum atomic E-state index is -2.49. The molecule has 4 nitrogen and oxygen atoms in total. The Balaban J connectivity index is 2.48. The zero-order valence-electron chi connectivity index (χ0n) is 5.41. The molecule has 1 heterocycles. The number of hydrogen-bond acceptors (Lipinski definition) is 3. The third-order valence-electron chi connectivity index (χ3n) is 1.26. The highest BCUT2D eigenvalue weighted by atomic mass is 32.3. The summed E-state index contributed by atoms with van der Waals surface area (Å²) in [6.45, 7) is 0.359. The van der Waals surface area contributed by atoms with E-state index in [2.05, 4.69) is 5.32 Å². The molecule has 3 N–H and O–H groups in total. The fourth-order valence-corrected chi connectivity index (χ4v) is 1.72. The molecule has 1 aliphatic rings. The number of rotatable bonds is 0. The third-order valence-corrected chi connectivity index (χ3v) is 2.82. The van der Waals surface area contributed by atoms with Crippen molar-refractivity contribution in [3.05, 3.63) is 6.42 Å². The summed E-state index contributed by atoms with van der Waals surface area (Å²) in [6, 6.07) is 0. The Hall–Kier alpha value is -0.260. The molecule has 0 saturated carbocycles. The van der Waals surface area contributed by atoms with E-state index in [1.807, 2.05) is 0 Å². The predicted octanol–water partition coefficient (Wildman–Crippen LogP) is 0.0711. The van der Waals surface area contributed by atoms with E-state index in [1.54, 1.807) is 0 Å². The topological polar surface area (TPSA) is 69.6 Å². The molecular weight excluding hydrogens is 154 g/mol. The van der Waals surface area contributed by atoms with Gasteiger partial charge in [-0.05, 0) is 0 Å². The van der Waals surface area contributed by atoms with E-state index in [0.29, 0.717) is 6.54 Å². The average Bonchev–Trinajstić information content (AvgIpc) is 1.94. The Morgan fingerprint density at radius 1 is 1.60 bits per heavy atom. The quantitative estimate of drug-likeness (QED) is 0.474. The Bertz CT molecular complexity index is 148. The van der Waals surface area contributed by atoms with Crippen LogP contribution in [0.5, 0.6) is 0 Å². The minimum absolute atomic E-state index is 0.0961. The maximum atomic E-state index is 10.6. The highest BCUT2D eigenvalue weighted by molar-refractivity contribution is 8.24. The van der Waals surface area contributed by atoms with Crippen molar-refractivity contribution in [1.29, 1.82) is 0 Å². The number of carbonyl (C=O) groups excluding carboxylic acids is 1. The summed E-state index contributed by atoms with van der Waals surface area (Å²) in [5.41, 5.74) is 0. The maximum absolute atomic E-state index is 10.6. The Morgan fingerprint density at radius 2 is 2.30 bits per heavy atom. The fourth-order valence-electron chi connectivity index (χ4n) is 0.702. The average molecular weight is 164 g/mol. The summed E-state index contributed by atoms with van der Waals surface area (Å²) in [5, 5.41) is 2.51. The van der Waals surface area contributed by atoms with Gasteiger partial charge in [-0.25, -0.2) is 0 Å². The highest BCUT2D eigenvalue weighted by Crippen LogP contribution is 2.38. The van der Waals surface area contributed by atoms with Crippen molar-refractivity contribution in [2.75, 3.05) is 18.1 Å². The molecule has 1 aliphatic heterocycles. The van der Waals surface area contributed by atoms with E-state index in [1.165, 1.54) is 6.42 Å². The second kappa shape index (κ2) is 2.77. The molecule has 0 bridgehead atoms. The molecule has 1 fully saturated rings. The number of hydrogen-bond donors (Lipinski definition) is 3. The molecule has 1 radical (unpaired) electrons. The second-order valence-corrected chi connectivity index (χ2v) is 4.51. The van der Waals surface area contributed by atoms with Crippen LogP contribution in [0.1, 0.15) is 0 Å². The van der Waals surface area contributed by atoms with Gasteiger partial charge in [-0.1, -0.05) is 0 Å². The largest absolute Gasteiger partial charge is 0.354 e. The molecule has 1 rings (SSSR count). The second-order valence-electron chi connectivity index (χ2n) is 2.17. The molecule has 0 aromatic carbocycles. The summed E-state index contributed by atoms with van der Waals surface area (Å²) < 4.78 is 18.2. The van der Waals surface area contributed by atoms with E-state index in [9.17, 15) is 4.79 Å². The zero-order valence-corrected chi connectivity index (χ0v) is 6.23. The first-order chi connectivity index (χ1) is 4.60. The van der Waals surface area contributed by atoms with Crippen LogP contribution in [0, 0.1) is 6.42 Å². The Kier molecular flexibility index (Phi) is 2.18. The molecule has 0 atom stereocenters. The van der Waals surface area contributed by atoms with Crippen LogP contribution in [0.25, 0.3) is 0 Å². The van der Waals surface area contributed by atoms with Gasteiger partial charge in [-0.15, -0.1) is 0 Å². The van der Waals surface area contributed by atoms with Crippen molar-refractivity contribution in [2.45, 2.75) is 0 Å². The molecule has 0 unspecified atom stereocenters. The van der Waals surface area contributed by atoms with Gasteiger partial charge in [0.1, 0.15) is 0 Å². The van der Waals surface area contributed by atoms with Crippen LogP contribution in [0.3, 0.4) is 0 Å². The van der Waals surface area contributed by atoms with Crippen LogP contribution in [0.15, 0.2) is 0 Å². The molecule has 1 saturated heterocycles. The van der Waals surface area contributed by atoms with Crippen molar-refractivity contribution in [1.82, 2.24) is 5.32 Å². The normalized spacial score (nSPS) is 28.4. The van der Waals surface area contributed by atoms with E-state index in [-0.39, 0.29) is 17.4 Å². The minimum Gasteiger partial charge on any atom is -0.354 e. The molecule has 0 aromatic rings. The van der Waals surface area contributed by atoms with Crippen molar-refractivity contribution in [2.24, 2.45) is 0 Å². The van der Waals surface area contributed by atoms with Crippen LogP contribution < -0.4 is 5.32 Å². The molecule has 1 amide bonds. The van der Waals surface area contributed by atoms with Crippen molar-refractivity contribution in [3.63, 3.8) is 0 Å².